The van der Waals surface area contributed by atoms with Crippen molar-refractivity contribution in [2.24, 2.45) is 5.73 Å². The van der Waals surface area contributed by atoms with Crippen LogP contribution in [0.4, 0.5) is 0 Å². The van der Waals surface area contributed by atoms with Gasteiger partial charge in [0.1, 0.15) is 6.04 Å². The summed E-state index contributed by atoms with van der Waals surface area (Å²) in [6, 6.07) is 8.90. The Hall–Kier alpha value is -1.88. The summed E-state index contributed by atoms with van der Waals surface area (Å²) in [5.41, 5.74) is 7.01. The molecule has 1 aliphatic rings. The summed E-state index contributed by atoms with van der Waals surface area (Å²) in [5.74, 6) is -0.142. The highest BCUT2D eigenvalue weighted by Gasteiger charge is 2.33. The van der Waals surface area contributed by atoms with Gasteiger partial charge >= 0.3 is 0 Å². The van der Waals surface area contributed by atoms with E-state index in [1.807, 2.05) is 30.3 Å². The van der Waals surface area contributed by atoms with Gasteiger partial charge in [-0.25, -0.2) is 0 Å². The summed E-state index contributed by atoms with van der Waals surface area (Å²) in [4.78, 5) is 25.7. The molecule has 0 spiro atoms. The lowest BCUT2D eigenvalue weighted by Crippen LogP contribution is -2.45. The minimum Gasteiger partial charge on any atom is -0.357 e. The molecule has 2 unspecified atom stereocenters. The normalized spacial score (nSPS) is 19.7. The van der Waals surface area contributed by atoms with Gasteiger partial charge in [0.2, 0.25) is 11.8 Å². The Morgan fingerprint density at radius 3 is 2.75 bits per heavy atom. The number of rotatable bonds is 4. The molecule has 0 saturated carbocycles. The van der Waals surface area contributed by atoms with Crippen LogP contribution in [0, 0.1) is 0 Å². The lowest BCUT2D eigenvalue weighted by molar-refractivity contribution is -0.138. The number of nitrogens with one attached hydrogen (secondary N) is 1. The monoisotopic (exact) mass is 275 g/mol. The zero-order chi connectivity index (χ0) is 14.5. The van der Waals surface area contributed by atoms with Crippen molar-refractivity contribution in [3.63, 3.8) is 0 Å². The number of hydrogen-bond donors (Lipinski definition) is 2. The van der Waals surface area contributed by atoms with Crippen LogP contribution in [0.2, 0.25) is 0 Å². The van der Waals surface area contributed by atoms with Crippen LogP contribution < -0.4 is 11.1 Å². The number of carbonyl (C=O) groups is 2. The molecule has 1 saturated heterocycles. The van der Waals surface area contributed by atoms with Gasteiger partial charge < -0.3 is 16.0 Å². The van der Waals surface area contributed by atoms with E-state index in [0.29, 0.717) is 6.54 Å². The quantitative estimate of drug-likeness (QED) is 0.854. The molecule has 108 valence electrons. The predicted molar refractivity (Wildman–Crippen MR) is 76.8 cm³/mol. The van der Waals surface area contributed by atoms with Crippen LogP contribution in [0.1, 0.15) is 30.9 Å². The smallest absolute Gasteiger partial charge is 0.242 e. The van der Waals surface area contributed by atoms with Gasteiger partial charge in [-0.1, -0.05) is 30.3 Å². The van der Waals surface area contributed by atoms with Crippen molar-refractivity contribution in [3.05, 3.63) is 35.9 Å². The first kappa shape index (κ1) is 14.5. The van der Waals surface area contributed by atoms with E-state index in [2.05, 4.69) is 5.32 Å². The summed E-state index contributed by atoms with van der Waals surface area (Å²) in [6.45, 7) is 0.637. The molecule has 1 fully saturated rings. The molecule has 3 N–H and O–H groups in total. The van der Waals surface area contributed by atoms with Crippen molar-refractivity contribution in [3.8, 4) is 0 Å². The molecule has 1 aromatic rings. The van der Waals surface area contributed by atoms with Gasteiger partial charge in [-0.2, -0.15) is 0 Å². The first-order valence-corrected chi connectivity index (χ1v) is 6.95. The van der Waals surface area contributed by atoms with Gasteiger partial charge in [-0.3, -0.25) is 9.59 Å². The van der Waals surface area contributed by atoms with Gasteiger partial charge in [0.15, 0.2) is 0 Å². The summed E-state index contributed by atoms with van der Waals surface area (Å²) >= 11 is 0. The minimum absolute atomic E-state index is 0.0487. The Bertz CT molecular complexity index is 475. The predicted octanol–water partition coefficient (Wildman–Crippen LogP) is 0.814. The van der Waals surface area contributed by atoms with E-state index in [1.165, 1.54) is 0 Å². The molecule has 2 amide bonds. The molecular weight excluding hydrogens is 254 g/mol. The lowest BCUT2D eigenvalue weighted by Gasteiger charge is -2.24. The van der Waals surface area contributed by atoms with Crippen molar-refractivity contribution in [2.45, 2.75) is 31.3 Å². The highest BCUT2D eigenvalue weighted by molar-refractivity contribution is 5.88. The Balaban J connectivity index is 1.99. The molecule has 1 heterocycles. The van der Waals surface area contributed by atoms with Crippen LogP contribution in [0.25, 0.3) is 0 Å². The fraction of sp³-hybridized carbons (Fsp3) is 0.467. The molecule has 5 nitrogen and oxygen atoms in total. The largest absolute Gasteiger partial charge is 0.357 e. The van der Waals surface area contributed by atoms with E-state index < -0.39 is 0 Å². The van der Waals surface area contributed by atoms with Gasteiger partial charge in [-0.15, -0.1) is 0 Å². The van der Waals surface area contributed by atoms with Crippen molar-refractivity contribution in [2.75, 3.05) is 13.6 Å². The number of nitrogens with zero attached hydrogens (tertiary/aromatic N) is 1. The highest BCUT2D eigenvalue weighted by Crippen LogP contribution is 2.21. The second-order valence-electron chi connectivity index (χ2n) is 5.08. The Morgan fingerprint density at radius 2 is 2.10 bits per heavy atom. The van der Waals surface area contributed by atoms with Gasteiger partial charge in [0.05, 0.1) is 0 Å². The number of nitrogens with two attached hydrogens (primary N) is 1. The molecule has 2 rings (SSSR count). The van der Waals surface area contributed by atoms with E-state index >= 15 is 0 Å². The molecular formula is C15H21N3O2. The fourth-order valence-corrected chi connectivity index (χ4v) is 2.63. The van der Waals surface area contributed by atoms with E-state index in [0.717, 1.165) is 18.4 Å². The van der Waals surface area contributed by atoms with Crippen LogP contribution in [0.15, 0.2) is 30.3 Å². The average Bonchev–Trinajstić information content (AvgIpc) is 2.96. The van der Waals surface area contributed by atoms with E-state index in [9.17, 15) is 9.59 Å². The standard InChI is InChI=1S/C15H21N3O2/c1-17-15(20)13-8-5-9-18(13)14(19)10-12(16)11-6-3-2-4-7-11/h2-4,6-7,12-13H,5,8-10,16H2,1H3,(H,17,20). The molecule has 5 heteroatoms. The molecule has 20 heavy (non-hydrogen) atoms. The van der Waals surface area contributed by atoms with Gasteiger partial charge in [0, 0.05) is 26.1 Å². The number of amides is 2. The zero-order valence-corrected chi connectivity index (χ0v) is 11.7. The van der Waals surface area contributed by atoms with Crippen LogP contribution >= 0.6 is 0 Å². The maximum absolute atomic E-state index is 12.3. The van der Waals surface area contributed by atoms with Crippen LogP contribution in [0.3, 0.4) is 0 Å². The second kappa shape index (κ2) is 6.52. The van der Waals surface area contributed by atoms with E-state index in [-0.39, 0.29) is 30.3 Å². The number of likely N-dealkylation sites (tertiary alicyclic amines) is 1. The maximum Gasteiger partial charge on any atom is 0.242 e. The van der Waals surface area contributed by atoms with Crippen LogP contribution in [-0.2, 0) is 9.59 Å². The average molecular weight is 275 g/mol. The third-order valence-corrected chi connectivity index (χ3v) is 3.74. The second-order valence-corrected chi connectivity index (χ2v) is 5.08. The van der Waals surface area contributed by atoms with Crippen molar-refractivity contribution < 1.29 is 9.59 Å². The molecule has 1 aromatic carbocycles. The molecule has 0 bridgehead atoms. The molecule has 2 atom stereocenters. The SMILES string of the molecule is CNC(=O)C1CCCN1C(=O)CC(N)c1ccccc1. The number of benzene rings is 1. The summed E-state index contributed by atoms with van der Waals surface area (Å²) < 4.78 is 0. The number of likely N-dealkylation sites (N-methyl/N-ethyl adjacent to an activating group) is 1. The van der Waals surface area contributed by atoms with Gasteiger partial charge in [0.25, 0.3) is 0 Å². The van der Waals surface area contributed by atoms with E-state index in [4.69, 9.17) is 5.73 Å². The molecule has 0 aliphatic carbocycles. The molecule has 0 aromatic heterocycles. The summed E-state index contributed by atoms with van der Waals surface area (Å²) in [7, 11) is 1.60. The first-order valence-electron chi connectivity index (χ1n) is 6.95. The zero-order valence-electron chi connectivity index (χ0n) is 11.7. The molecule has 1 aliphatic heterocycles. The Morgan fingerprint density at radius 1 is 1.40 bits per heavy atom. The molecule has 0 radical (unpaired) electrons. The van der Waals surface area contributed by atoms with Crippen LogP contribution in [-0.4, -0.2) is 36.3 Å². The number of carbonyl (C=O) groups excluding carboxylic acids is 2. The summed E-state index contributed by atoms with van der Waals surface area (Å²) in [6.07, 6.45) is 1.83. The van der Waals surface area contributed by atoms with Crippen molar-refractivity contribution >= 4 is 11.8 Å². The number of hydrogen-bond acceptors (Lipinski definition) is 3. The Labute approximate surface area is 119 Å². The highest BCUT2D eigenvalue weighted by atomic mass is 16.2. The third kappa shape index (κ3) is 3.17. The van der Waals surface area contributed by atoms with Crippen LogP contribution in [0.5, 0.6) is 0 Å². The van der Waals surface area contributed by atoms with E-state index in [1.54, 1.807) is 11.9 Å². The topological polar surface area (TPSA) is 75.4 Å². The third-order valence-electron chi connectivity index (χ3n) is 3.74. The fourth-order valence-electron chi connectivity index (χ4n) is 2.63. The summed E-state index contributed by atoms with van der Waals surface area (Å²) in [5, 5.41) is 2.61. The first-order chi connectivity index (χ1) is 9.63. The van der Waals surface area contributed by atoms with Crippen molar-refractivity contribution in [1.29, 1.82) is 0 Å². The maximum atomic E-state index is 12.3. The Kier molecular flexibility index (Phi) is 4.74. The van der Waals surface area contributed by atoms with Crippen molar-refractivity contribution in [1.82, 2.24) is 10.2 Å². The van der Waals surface area contributed by atoms with Gasteiger partial charge in [-0.05, 0) is 18.4 Å². The minimum atomic E-state index is -0.338. The lowest BCUT2D eigenvalue weighted by atomic mass is 10.0.